The molecule has 0 bridgehead atoms. The van der Waals surface area contributed by atoms with Gasteiger partial charge >= 0.3 is 0 Å². The van der Waals surface area contributed by atoms with E-state index >= 15 is 0 Å². The number of pyridine rings is 1. The molecule has 0 aliphatic heterocycles. The second kappa shape index (κ2) is 10.7. The van der Waals surface area contributed by atoms with E-state index < -0.39 is 11.5 Å². The molecule has 32 heavy (non-hydrogen) atoms. The molecule has 0 aliphatic rings. The standard InChI is InChI=1S/C23H21BrN4O4/c1-15-5-3-11-28-20(15)27-22(32-18-8-6-17(24)7-9-18)19(23(28)30)13-16(14-25)21(29)26-10-4-12-31-2/h3,5-9,11,13H,4,10,12H2,1-2H3,(H,26,29)/b16-13+. The number of benzene rings is 1. The Labute approximate surface area is 193 Å². The number of rotatable bonds is 8. The third-order valence-corrected chi connectivity index (χ3v) is 5.07. The first-order valence-corrected chi connectivity index (χ1v) is 10.6. The smallest absolute Gasteiger partial charge is 0.269 e. The molecule has 0 fully saturated rings. The van der Waals surface area contributed by atoms with E-state index in [1.165, 1.54) is 10.5 Å². The molecule has 8 nitrogen and oxygen atoms in total. The lowest BCUT2D eigenvalue weighted by atomic mass is 10.1. The largest absolute Gasteiger partial charge is 0.438 e. The van der Waals surface area contributed by atoms with Gasteiger partial charge in [-0.25, -0.2) is 0 Å². The predicted molar refractivity (Wildman–Crippen MR) is 124 cm³/mol. The monoisotopic (exact) mass is 496 g/mol. The Bertz CT molecular complexity index is 1260. The van der Waals surface area contributed by atoms with E-state index in [1.807, 2.05) is 19.1 Å². The fraction of sp³-hybridized carbons (Fsp3) is 0.217. The Balaban J connectivity index is 2.08. The lowest BCUT2D eigenvalue weighted by Gasteiger charge is -2.11. The number of aryl methyl sites for hydroxylation is 1. The van der Waals surface area contributed by atoms with Gasteiger partial charge in [0.05, 0.1) is 0 Å². The zero-order valence-electron chi connectivity index (χ0n) is 17.6. The van der Waals surface area contributed by atoms with Crippen molar-refractivity contribution in [2.45, 2.75) is 13.3 Å². The van der Waals surface area contributed by atoms with Crippen LogP contribution in [-0.4, -0.2) is 35.6 Å². The van der Waals surface area contributed by atoms with Crippen LogP contribution in [0.5, 0.6) is 11.6 Å². The second-order valence-electron chi connectivity index (χ2n) is 6.85. The van der Waals surface area contributed by atoms with Crippen molar-refractivity contribution in [3.63, 3.8) is 0 Å². The van der Waals surface area contributed by atoms with Crippen molar-refractivity contribution >= 4 is 33.6 Å². The van der Waals surface area contributed by atoms with Crippen LogP contribution in [0.1, 0.15) is 17.5 Å². The Morgan fingerprint density at radius 3 is 2.75 bits per heavy atom. The normalized spacial score (nSPS) is 11.2. The summed E-state index contributed by atoms with van der Waals surface area (Å²) >= 11 is 3.37. The zero-order valence-corrected chi connectivity index (χ0v) is 19.2. The maximum absolute atomic E-state index is 13.3. The first-order chi connectivity index (χ1) is 15.4. The minimum absolute atomic E-state index is 0.000361. The summed E-state index contributed by atoms with van der Waals surface area (Å²) in [6.07, 6.45) is 3.39. The van der Waals surface area contributed by atoms with E-state index in [4.69, 9.17) is 9.47 Å². The topological polar surface area (TPSA) is 106 Å². The molecule has 1 aromatic carbocycles. The van der Waals surface area contributed by atoms with Crippen LogP contribution in [0, 0.1) is 18.3 Å². The third kappa shape index (κ3) is 5.41. The van der Waals surface area contributed by atoms with Gasteiger partial charge in [0.2, 0.25) is 5.88 Å². The fourth-order valence-corrected chi connectivity index (χ4v) is 3.18. The molecule has 0 saturated heterocycles. The highest BCUT2D eigenvalue weighted by Crippen LogP contribution is 2.26. The van der Waals surface area contributed by atoms with Crippen molar-refractivity contribution in [2.24, 2.45) is 0 Å². The third-order valence-electron chi connectivity index (χ3n) is 4.54. The van der Waals surface area contributed by atoms with Gasteiger partial charge < -0.3 is 14.8 Å². The highest BCUT2D eigenvalue weighted by atomic mass is 79.9. The van der Waals surface area contributed by atoms with Crippen LogP contribution < -0.4 is 15.6 Å². The Morgan fingerprint density at radius 1 is 1.31 bits per heavy atom. The minimum atomic E-state index is -0.591. The van der Waals surface area contributed by atoms with E-state index in [0.29, 0.717) is 31.0 Å². The minimum Gasteiger partial charge on any atom is -0.438 e. The van der Waals surface area contributed by atoms with Crippen LogP contribution in [0.4, 0.5) is 0 Å². The first-order valence-electron chi connectivity index (χ1n) is 9.79. The summed E-state index contributed by atoms with van der Waals surface area (Å²) < 4.78 is 13.1. The molecule has 9 heteroatoms. The summed E-state index contributed by atoms with van der Waals surface area (Å²) in [7, 11) is 1.57. The molecule has 0 atom stereocenters. The average molecular weight is 497 g/mol. The van der Waals surface area contributed by atoms with Crippen molar-refractivity contribution < 1.29 is 14.3 Å². The molecule has 2 heterocycles. The van der Waals surface area contributed by atoms with Crippen molar-refractivity contribution in [2.75, 3.05) is 20.3 Å². The van der Waals surface area contributed by atoms with Crippen LogP contribution in [0.25, 0.3) is 11.7 Å². The highest BCUT2D eigenvalue weighted by Gasteiger charge is 2.18. The Morgan fingerprint density at radius 2 is 2.06 bits per heavy atom. The highest BCUT2D eigenvalue weighted by molar-refractivity contribution is 9.10. The van der Waals surface area contributed by atoms with Crippen molar-refractivity contribution in [3.8, 4) is 17.7 Å². The van der Waals surface area contributed by atoms with Crippen LogP contribution in [0.15, 0.2) is 57.4 Å². The van der Waals surface area contributed by atoms with Gasteiger partial charge in [-0.05, 0) is 55.3 Å². The summed E-state index contributed by atoms with van der Waals surface area (Å²) in [6, 6.07) is 12.4. The van der Waals surface area contributed by atoms with E-state index in [1.54, 1.807) is 43.6 Å². The number of nitriles is 1. The number of nitrogens with zero attached hydrogens (tertiary/aromatic N) is 3. The van der Waals surface area contributed by atoms with Gasteiger partial charge in [0.15, 0.2) is 0 Å². The molecule has 0 aliphatic carbocycles. The van der Waals surface area contributed by atoms with Gasteiger partial charge in [-0.1, -0.05) is 22.0 Å². The number of amides is 1. The lowest BCUT2D eigenvalue weighted by molar-refractivity contribution is -0.117. The summed E-state index contributed by atoms with van der Waals surface area (Å²) in [5.41, 5.74) is 0.515. The molecule has 0 radical (unpaired) electrons. The number of carbonyl (C=O) groups excluding carboxylic acids is 1. The fourth-order valence-electron chi connectivity index (χ4n) is 2.91. The molecular weight excluding hydrogens is 476 g/mol. The van der Waals surface area contributed by atoms with Crippen molar-refractivity contribution in [1.29, 1.82) is 5.26 Å². The molecule has 0 spiro atoms. The van der Waals surface area contributed by atoms with Gasteiger partial charge in [-0.3, -0.25) is 14.0 Å². The Hall–Kier alpha value is -3.48. The van der Waals surface area contributed by atoms with Gasteiger partial charge in [0.25, 0.3) is 11.5 Å². The summed E-state index contributed by atoms with van der Waals surface area (Å²) in [4.78, 5) is 30.2. The van der Waals surface area contributed by atoms with E-state index in [2.05, 4.69) is 26.2 Å². The quantitative estimate of drug-likeness (QED) is 0.290. The number of carbonyl (C=O) groups is 1. The van der Waals surface area contributed by atoms with Crippen molar-refractivity contribution in [1.82, 2.24) is 14.7 Å². The van der Waals surface area contributed by atoms with Crippen LogP contribution >= 0.6 is 15.9 Å². The molecule has 0 saturated carbocycles. The van der Waals surface area contributed by atoms with Gasteiger partial charge in [-0.15, -0.1) is 0 Å². The Kier molecular flexibility index (Phi) is 7.76. The number of fused-ring (bicyclic) bond motifs is 1. The summed E-state index contributed by atoms with van der Waals surface area (Å²) in [5, 5.41) is 12.2. The zero-order chi connectivity index (χ0) is 23.1. The van der Waals surface area contributed by atoms with Gasteiger partial charge in [-0.2, -0.15) is 10.2 Å². The lowest BCUT2D eigenvalue weighted by Crippen LogP contribution is -2.27. The molecule has 1 amide bonds. The maximum atomic E-state index is 13.3. The summed E-state index contributed by atoms with van der Waals surface area (Å²) in [6.45, 7) is 2.64. The van der Waals surface area contributed by atoms with Crippen molar-refractivity contribution in [3.05, 3.63) is 74.1 Å². The van der Waals surface area contributed by atoms with E-state index in [9.17, 15) is 14.9 Å². The second-order valence-corrected chi connectivity index (χ2v) is 7.76. The van der Waals surface area contributed by atoms with Gasteiger partial charge in [0, 0.05) is 30.9 Å². The van der Waals surface area contributed by atoms with E-state index in [0.717, 1.165) is 10.0 Å². The number of hydrogen-bond donors (Lipinski definition) is 1. The number of nitrogens with one attached hydrogen (secondary N) is 1. The van der Waals surface area contributed by atoms with Crippen LogP contribution in [0.2, 0.25) is 0 Å². The molecule has 2 aromatic heterocycles. The number of halogens is 1. The number of ether oxygens (including phenoxy) is 2. The number of aromatic nitrogens is 2. The molecule has 3 aromatic rings. The van der Waals surface area contributed by atoms with Crippen LogP contribution in [-0.2, 0) is 9.53 Å². The maximum Gasteiger partial charge on any atom is 0.269 e. The molecule has 3 rings (SSSR count). The first kappa shape index (κ1) is 23.2. The molecule has 1 N–H and O–H groups in total. The molecule has 164 valence electrons. The predicted octanol–water partition coefficient (Wildman–Crippen LogP) is 3.62. The molecule has 0 unspecified atom stereocenters. The SMILES string of the molecule is COCCCNC(=O)/C(C#N)=C/c1c(Oc2ccc(Br)cc2)nc2c(C)cccn2c1=O. The van der Waals surface area contributed by atoms with Crippen LogP contribution in [0.3, 0.4) is 0 Å². The van der Waals surface area contributed by atoms with E-state index in [-0.39, 0.29) is 17.0 Å². The summed E-state index contributed by atoms with van der Waals surface area (Å²) in [5.74, 6) is -0.131. The molecular formula is C23H21BrN4O4. The average Bonchev–Trinajstić information content (AvgIpc) is 2.79. The number of methoxy groups -OCH3 is 1. The number of hydrogen-bond acceptors (Lipinski definition) is 6. The van der Waals surface area contributed by atoms with Gasteiger partial charge in [0.1, 0.15) is 28.6 Å².